The van der Waals surface area contributed by atoms with Gasteiger partial charge in [-0.1, -0.05) is 0 Å². The van der Waals surface area contributed by atoms with Gasteiger partial charge in [0.05, 0.1) is 7.11 Å². The van der Waals surface area contributed by atoms with Crippen LogP contribution in [0.25, 0.3) is 0 Å². The van der Waals surface area contributed by atoms with Gasteiger partial charge in [0.15, 0.2) is 0 Å². The van der Waals surface area contributed by atoms with Crippen molar-refractivity contribution in [1.29, 1.82) is 0 Å². The van der Waals surface area contributed by atoms with E-state index in [2.05, 4.69) is 4.74 Å². The Hall–Kier alpha value is -0.730. The topological polar surface area (TPSA) is 29.5 Å². The van der Waals surface area contributed by atoms with Gasteiger partial charge in [-0.3, -0.25) is 0 Å². The van der Waals surface area contributed by atoms with Gasteiger partial charge >= 0.3 is 6.09 Å². The zero-order valence-electron chi connectivity index (χ0n) is 6.04. The summed E-state index contributed by atoms with van der Waals surface area (Å²) in [5, 5.41) is 0. The van der Waals surface area contributed by atoms with E-state index in [0.717, 1.165) is 12.5 Å². The molecule has 2 aliphatic heterocycles. The summed E-state index contributed by atoms with van der Waals surface area (Å²) in [5.74, 6) is 0.782. The normalized spacial score (nSPS) is 35.5. The minimum Gasteiger partial charge on any atom is -0.453 e. The second kappa shape index (κ2) is 1.87. The summed E-state index contributed by atoms with van der Waals surface area (Å²) in [4.78, 5) is 12.8. The number of ether oxygens (including phenoxy) is 1. The molecule has 3 heteroatoms. The number of hydrogen-bond donors (Lipinski definition) is 0. The van der Waals surface area contributed by atoms with Crippen molar-refractivity contribution < 1.29 is 9.53 Å². The van der Waals surface area contributed by atoms with Gasteiger partial charge in [0.25, 0.3) is 0 Å². The molecule has 0 atom stereocenters. The van der Waals surface area contributed by atoms with Gasteiger partial charge in [0.2, 0.25) is 0 Å². The fourth-order valence-corrected chi connectivity index (χ4v) is 1.87. The largest absolute Gasteiger partial charge is 0.453 e. The highest BCUT2D eigenvalue weighted by molar-refractivity contribution is 5.68. The Morgan fingerprint density at radius 2 is 2.30 bits per heavy atom. The molecule has 1 aliphatic carbocycles. The van der Waals surface area contributed by atoms with Crippen molar-refractivity contribution in [3.8, 4) is 0 Å². The first-order valence-corrected chi connectivity index (χ1v) is 3.66. The maximum absolute atomic E-state index is 11.0. The quantitative estimate of drug-likeness (QED) is 0.500. The molecule has 0 spiro atoms. The van der Waals surface area contributed by atoms with Crippen LogP contribution in [0.15, 0.2) is 0 Å². The minimum absolute atomic E-state index is 0.148. The van der Waals surface area contributed by atoms with Gasteiger partial charge in [-0.25, -0.2) is 4.79 Å². The average Bonchev–Trinajstić information content (AvgIpc) is 2.39. The van der Waals surface area contributed by atoms with Crippen LogP contribution < -0.4 is 0 Å². The molecule has 2 heterocycles. The van der Waals surface area contributed by atoms with E-state index in [1.807, 2.05) is 4.90 Å². The van der Waals surface area contributed by atoms with E-state index in [9.17, 15) is 4.79 Å². The molecule has 3 aliphatic rings. The van der Waals surface area contributed by atoms with Gasteiger partial charge in [-0.2, -0.15) is 0 Å². The summed E-state index contributed by atoms with van der Waals surface area (Å²) in [5.41, 5.74) is 0. The molecule has 0 aromatic heterocycles. The second-order valence-electron chi connectivity index (χ2n) is 3.11. The van der Waals surface area contributed by atoms with Crippen LogP contribution in [0.4, 0.5) is 4.79 Å². The van der Waals surface area contributed by atoms with Crippen molar-refractivity contribution >= 4 is 6.09 Å². The Kier molecular flexibility index (Phi) is 1.13. The molecule has 0 N–H and O–H groups in total. The monoisotopic (exact) mass is 141 g/mol. The minimum atomic E-state index is -0.148. The average molecular weight is 141 g/mol. The highest BCUT2D eigenvalue weighted by Crippen LogP contribution is 2.40. The predicted molar refractivity (Wildman–Crippen MR) is 35.6 cm³/mol. The molecule has 3 nitrogen and oxygen atoms in total. The van der Waals surface area contributed by atoms with Gasteiger partial charge < -0.3 is 9.64 Å². The first-order valence-electron chi connectivity index (χ1n) is 3.66. The van der Waals surface area contributed by atoms with Crippen LogP contribution in [0.5, 0.6) is 0 Å². The smallest absolute Gasteiger partial charge is 0.409 e. The van der Waals surface area contributed by atoms with E-state index in [1.54, 1.807) is 0 Å². The fourth-order valence-electron chi connectivity index (χ4n) is 1.87. The molecule has 0 aromatic rings. The number of rotatable bonds is 0. The standard InChI is InChI=1S/C7H11NO2/c1-10-7(9)8-4-5-2-6(8)3-5/h5-6H,2-4H2,1H3. The summed E-state index contributed by atoms with van der Waals surface area (Å²) < 4.78 is 4.62. The lowest BCUT2D eigenvalue weighted by Gasteiger charge is -2.24. The Balaban J connectivity index is 2.00. The summed E-state index contributed by atoms with van der Waals surface area (Å²) in [6.07, 6.45) is 2.26. The lowest BCUT2D eigenvalue weighted by molar-refractivity contribution is 0.122. The third kappa shape index (κ3) is 0.632. The van der Waals surface area contributed by atoms with Gasteiger partial charge in [0, 0.05) is 12.6 Å². The second-order valence-corrected chi connectivity index (χ2v) is 3.11. The third-order valence-corrected chi connectivity index (χ3v) is 2.52. The van der Waals surface area contributed by atoms with E-state index in [-0.39, 0.29) is 6.09 Å². The number of nitrogens with zero attached hydrogens (tertiary/aromatic N) is 1. The van der Waals surface area contributed by atoms with Crippen LogP contribution in [0, 0.1) is 5.92 Å². The fraction of sp³-hybridized carbons (Fsp3) is 0.857. The lowest BCUT2D eigenvalue weighted by Crippen LogP contribution is -2.33. The van der Waals surface area contributed by atoms with Crippen LogP contribution in [0.2, 0.25) is 0 Å². The van der Waals surface area contributed by atoms with Crippen LogP contribution in [0.1, 0.15) is 12.8 Å². The highest BCUT2D eigenvalue weighted by Gasteiger charge is 2.45. The molecule has 1 saturated carbocycles. The summed E-state index contributed by atoms with van der Waals surface area (Å²) in [7, 11) is 1.44. The number of fused-ring (bicyclic) bond motifs is 1. The molecule has 0 unspecified atom stereocenters. The molecule has 0 radical (unpaired) electrons. The van der Waals surface area contributed by atoms with E-state index in [0.29, 0.717) is 6.04 Å². The van der Waals surface area contributed by atoms with Crippen molar-refractivity contribution in [2.45, 2.75) is 18.9 Å². The Bertz CT molecular complexity index is 163. The van der Waals surface area contributed by atoms with Crippen LogP contribution in [0.3, 0.4) is 0 Å². The zero-order valence-corrected chi connectivity index (χ0v) is 6.04. The molecular formula is C7H11NO2. The van der Waals surface area contributed by atoms with Crippen LogP contribution >= 0.6 is 0 Å². The molecule has 1 amide bonds. The SMILES string of the molecule is COC(=O)N1CC2CC1C2. The molecule has 2 bridgehead atoms. The molecule has 10 heavy (non-hydrogen) atoms. The Morgan fingerprint density at radius 3 is 2.70 bits per heavy atom. The Morgan fingerprint density at radius 1 is 1.60 bits per heavy atom. The van der Waals surface area contributed by atoms with Crippen molar-refractivity contribution in [1.82, 2.24) is 4.90 Å². The van der Waals surface area contributed by atoms with Crippen molar-refractivity contribution in [3.05, 3.63) is 0 Å². The lowest BCUT2D eigenvalue weighted by atomic mass is 9.86. The molecule has 2 saturated heterocycles. The number of amides is 1. The number of carbonyl (C=O) groups is 1. The molecule has 3 fully saturated rings. The first-order chi connectivity index (χ1) is 4.81. The van der Waals surface area contributed by atoms with Gasteiger partial charge in [0.1, 0.15) is 0 Å². The zero-order chi connectivity index (χ0) is 7.14. The van der Waals surface area contributed by atoms with Crippen LogP contribution in [-0.2, 0) is 4.74 Å². The van der Waals surface area contributed by atoms with Crippen molar-refractivity contribution in [3.63, 3.8) is 0 Å². The van der Waals surface area contributed by atoms with Crippen molar-refractivity contribution in [2.75, 3.05) is 13.7 Å². The summed E-state index contributed by atoms with van der Waals surface area (Å²) >= 11 is 0. The maximum Gasteiger partial charge on any atom is 0.409 e. The number of methoxy groups -OCH3 is 1. The van der Waals surface area contributed by atoms with Crippen molar-refractivity contribution in [2.24, 2.45) is 5.92 Å². The predicted octanol–water partition coefficient (Wildman–Crippen LogP) is 0.847. The van der Waals surface area contributed by atoms with Crippen LogP contribution in [-0.4, -0.2) is 30.7 Å². The Labute approximate surface area is 60.0 Å². The van der Waals surface area contributed by atoms with Gasteiger partial charge in [-0.15, -0.1) is 0 Å². The first kappa shape index (κ1) is 6.01. The van der Waals surface area contributed by atoms with E-state index >= 15 is 0 Å². The van der Waals surface area contributed by atoms with E-state index in [4.69, 9.17) is 0 Å². The van der Waals surface area contributed by atoms with Gasteiger partial charge in [-0.05, 0) is 18.8 Å². The number of carbonyl (C=O) groups excluding carboxylic acids is 1. The summed E-state index contributed by atoms with van der Waals surface area (Å²) in [6.45, 7) is 0.928. The summed E-state index contributed by atoms with van der Waals surface area (Å²) in [6, 6.07) is 0.512. The number of hydrogen-bond acceptors (Lipinski definition) is 2. The molecule has 3 rings (SSSR count). The molecule has 0 aromatic carbocycles. The molecule has 56 valence electrons. The molecular weight excluding hydrogens is 130 g/mol. The third-order valence-electron chi connectivity index (χ3n) is 2.52. The van der Waals surface area contributed by atoms with E-state index < -0.39 is 0 Å². The highest BCUT2D eigenvalue weighted by atomic mass is 16.5. The van der Waals surface area contributed by atoms with E-state index in [1.165, 1.54) is 20.0 Å². The maximum atomic E-state index is 11.0.